The minimum Gasteiger partial charge on any atom is -0.0651 e. The van der Waals surface area contributed by atoms with Gasteiger partial charge in [-0.25, -0.2) is 0 Å². The Hall–Kier alpha value is 0. The minimum atomic E-state index is 0.858. The minimum absolute atomic E-state index is 0.858. The summed E-state index contributed by atoms with van der Waals surface area (Å²) in [5.41, 5.74) is 2.66. The molecule has 29 rings (SSSR count). The topological polar surface area (TPSA) is 0 Å². The lowest BCUT2D eigenvalue weighted by Crippen LogP contribution is -2.49. The maximum absolute atomic E-state index is 2.34. The largest absolute Gasteiger partial charge is 0.0651 e. The van der Waals surface area contributed by atoms with Gasteiger partial charge in [-0.3, -0.25) is 0 Å². The second-order valence-corrected chi connectivity index (χ2v) is 51.4. The van der Waals surface area contributed by atoms with Gasteiger partial charge in [0, 0.05) is 0 Å². The van der Waals surface area contributed by atoms with E-state index in [2.05, 4.69) is 13.8 Å². The lowest BCUT2D eigenvalue weighted by atomic mass is 9.48. The zero-order valence-electron chi connectivity index (χ0n) is 78.8. The maximum Gasteiger partial charge on any atom is -0.0297 e. The Balaban J connectivity index is 0.0000000921. The molecular weight excluding hydrogens is 1410 g/mol. The number of fused-ring (bicyclic) bond motifs is 23. The van der Waals surface area contributed by atoms with E-state index in [9.17, 15) is 0 Å². The molecule has 668 valence electrons. The highest BCUT2D eigenvalue weighted by Gasteiger charge is 2.55. The smallest absolute Gasteiger partial charge is 0.0297 e. The zero-order chi connectivity index (χ0) is 78.8. The van der Waals surface area contributed by atoms with Crippen molar-refractivity contribution < 1.29 is 0 Å². The van der Waals surface area contributed by atoms with Gasteiger partial charge in [-0.2, -0.15) is 0 Å². The van der Waals surface area contributed by atoms with Gasteiger partial charge in [-0.05, 0) is 451 Å². The van der Waals surface area contributed by atoms with Crippen LogP contribution in [0.25, 0.3) is 0 Å². The van der Waals surface area contributed by atoms with Gasteiger partial charge in [0.2, 0.25) is 0 Å². The maximum atomic E-state index is 2.34. The third-order valence-electron chi connectivity index (χ3n) is 45.3. The molecule has 3 spiro atoms. The molecule has 0 aromatic heterocycles. The van der Waals surface area contributed by atoms with E-state index in [4.69, 9.17) is 0 Å². The van der Waals surface area contributed by atoms with Gasteiger partial charge in [0.15, 0.2) is 0 Å². The molecule has 0 heterocycles. The van der Waals surface area contributed by atoms with Gasteiger partial charge in [0.25, 0.3) is 0 Å². The van der Waals surface area contributed by atoms with Crippen molar-refractivity contribution in [1.29, 1.82) is 0 Å². The molecule has 0 amide bonds. The van der Waals surface area contributed by atoms with Crippen LogP contribution >= 0.6 is 0 Å². The van der Waals surface area contributed by atoms with E-state index in [1.54, 1.807) is 411 Å². The summed E-state index contributed by atoms with van der Waals surface area (Å²) in [5, 5.41) is 0. The normalized spacial score (nSPS) is 46.9. The van der Waals surface area contributed by atoms with Gasteiger partial charge in [0.05, 0.1) is 0 Å². The Morgan fingerprint density at radius 2 is 0.368 bits per heavy atom. The first-order chi connectivity index (χ1) is 57.7. The second kappa shape index (κ2) is 42.5. The predicted molar refractivity (Wildman–Crippen MR) is 502 cm³/mol. The Labute approximate surface area is 729 Å². The SMILES string of the molecule is C1CC2CC(C1)C2.C1CC2CC1C2.C1CC2CCCC2C2CC2C1.C1CCC2(CC1)CC2.C1CCC2(CC1)CCCC2.C1CCC2(CC1)CCCCC2.C1CCC2C(C1)CCC1C2CCC2C3CCCCC3CCC21.C1CCC2C(C1)CCC1C3CCCC3CCC21.C1CCC2C(C1)CCC1C3CCCCC3CCC21.CCC1CC(C)C1. The van der Waals surface area contributed by atoms with Crippen LogP contribution in [0.2, 0.25) is 0 Å². The molecule has 0 N–H and O–H groups in total. The molecule has 29 fully saturated rings. The highest BCUT2D eigenvalue weighted by molar-refractivity contribution is 5.05. The molecule has 0 aliphatic heterocycles. The van der Waals surface area contributed by atoms with Gasteiger partial charge in [-0.1, -0.05) is 284 Å². The average molecular weight is 1610 g/mol. The van der Waals surface area contributed by atoms with Crippen molar-refractivity contribution in [2.24, 2.45) is 194 Å². The van der Waals surface area contributed by atoms with Crippen LogP contribution in [0.4, 0.5) is 0 Å². The Morgan fingerprint density at radius 1 is 0.154 bits per heavy atom. The van der Waals surface area contributed by atoms with Gasteiger partial charge >= 0.3 is 0 Å². The first-order valence-corrected chi connectivity index (χ1v) is 57.7. The first-order valence-electron chi connectivity index (χ1n) is 57.7. The standard InChI is InChI=1S/C22H36.C18H30.C17H28.C11H18.C11H20.C10H18.C8H14.C7H12.C7H14.C6H10/c1-3-7-17-15(5-1)9-11-21-19(17)13-14-20-18-8-4-2-6-16(18)10-12-22(20)21;1-3-7-15-13(5-1)9-11-18-16-8-4-2-6-14(16)10-12-17(15)18;1-2-6-14-12(4-1)8-10-17-15-7-3-5-13(15)9-11-16(14)17;1-3-8-4-2-6-10(8)11-7-9(11)5-1;1-3-7-11(8-4-1)9-5-2-6-10-11;1-2-6-10(7-3-1)8-4-5-9-10;1-2-4-8(5-3-1)6-7-8;1-2-6-4-7(3-1)5-6;1-3-7-4-6(2)5-7;1-2-6-3-5(1)4-6/h15-22H,1-14H2;13-18H,1-12H2;12-17H,1-11H2;8-11H,1-7H2;1-10H2;1-9H2;1-7H2;6-7H,1-5H2;6-7H,3-5H2,1-2H3;5-6H,1-4H2. The summed E-state index contributed by atoms with van der Waals surface area (Å²) in [5.74, 6) is 35.0. The lowest BCUT2D eigenvalue weighted by Gasteiger charge is -2.57. The first kappa shape index (κ1) is 87.7. The molecule has 0 radical (unpaired) electrons. The van der Waals surface area contributed by atoms with E-state index in [1.807, 2.05) is 0 Å². The molecule has 0 aromatic carbocycles. The highest BCUT2D eigenvalue weighted by Crippen LogP contribution is 2.65. The zero-order valence-corrected chi connectivity index (χ0v) is 78.8. The predicted octanol–water partition coefficient (Wildman–Crippen LogP) is 36.7. The number of rotatable bonds is 1. The van der Waals surface area contributed by atoms with Gasteiger partial charge in [0.1, 0.15) is 0 Å². The summed E-state index contributed by atoms with van der Waals surface area (Å²) in [4.78, 5) is 0. The summed E-state index contributed by atoms with van der Waals surface area (Å²) in [6, 6.07) is 0. The fraction of sp³-hybridized carbons (Fsp3) is 1.00. The van der Waals surface area contributed by atoms with Crippen molar-refractivity contribution in [3.05, 3.63) is 0 Å². The van der Waals surface area contributed by atoms with Gasteiger partial charge < -0.3 is 0 Å². The summed E-state index contributed by atoms with van der Waals surface area (Å²) in [7, 11) is 0. The quantitative estimate of drug-likeness (QED) is 0.245. The molecule has 24 unspecified atom stereocenters. The molecule has 0 nitrogen and oxygen atoms in total. The van der Waals surface area contributed by atoms with Crippen LogP contribution in [0.3, 0.4) is 0 Å². The Kier molecular flexibility index (Phi) is 31.8. The van der Waals surface area contributed by atoms with Crippen molar-refractivity contribution in [2.45, 2.75) is 540 Å². The molecule has 0 heteroatoms. The van der Waals surface area contributed by atoms with Crippen LogP contribution in [0.1, 0.15) is 540 Å². The van der Waals surface area contributed by atoms with Crippen molar-refractivity contribution in [2.75, 3.05) is 0 Å². The average Bonchev–Trinajstić information content (AvgIpc) is 1.52. The monoisotopic (exact) mass is 1610 g/mol. The van der Waals surface area contributed by atoms with Crippen LogP contribution in [0.5, 0.6) is 0 Å². The van der Waals surface area contributed by atoms with Crippen molar-refractivity contribution in [3.8, 4) is 0 Å². The van der Waals surface area contributed by atoms with Crippen molar-refractivity contribution >= 4 is 0 Å². The molecule has 24 atom stereocenters. The number of hydrogen-bond donors (Lipinski definition) is 0. The molecule has 29 aliphatic rings. The van der Waals surface area contributed by atoms with Crippen molar-refractivity contribution in [1.82, 2.24) is 0 Å². The summed E-state index contributed by atoms with van der Waals surface area (Å²) in [6.45, 7) is 4.63. The second-order valence-electron chi connectivity index (χ2n) is 51.4. The van der Waals surface area contributed by atoms with Crippen LogP contribution < -0.4 is 0 Å². The third kappa shape index (κ3) is 22.1. The van der Waals surface area contributed by atoms with E-state index in [-0.39, 0.29) is 0 Å². The van der Waals surface area contributed by atoms with Crippen LogP contribution in [0, 0.1) is 194 Å². The van der Waals surface area contributed by atoms with Crippen molar-refractivity contribution in [3.63, 3.8) is 0 Å². The van der Waals surface area contributed by atoms with Gasteiger partial charge in [-0.15, -0.1) is 0 Å². The summed E-state index contributed by atoms with van der Waals surface area (Å²) in [6.07, 6.45) is 129. The van der Waals surface area contributed by atoms with E-state index in [0.717, 1.165) is 75.4 Å². The molecule has 29 saturated carbocycles. The van der Waals surface area contributed by atoms with E-state index in [1.165, 1.54) is 234 Å². The molecule has 117 heavy (non-hydrogen) atoms. The van der Waals surface area contributed by atoms with E-state index >= 15 is 0 Å². The fourth-order valence-corrected chi connectivity index (χ4v) is 38.6. The fourth-order valence-electron chi connectivity index (χ4n) is 38.6. The Bertz CT molecular complexity index is 2700. The molecule has 29 aliphatic carbocycles. The third-order valence-corrected chi connectivity index (χ3v) is 45.3. The van der Waals surface area contributed by atoms with Crippen LogP contribution in [-0.4, -0.2) is 0 Å². The van der Waals surface area contributed by atoms with E-state index < -0.39 is 0 Å². The molecule has 0 aromatic rings. The Morgan fingerprint density at radius 3 is 0.615 bits per heavy atom. The lowest BCUT2D eigenvalue weighted by molar-refractivity contribution is -0.0786. The molecule has 0 saturated heterocycles. The van der Waals surface area contributed by atoms with Crippen LogP contribution in [-0.2, 0) is 0 Å². The molecule has 4 bridgehead atoms. The summed E-state index contributed by atoms with van der Waals surface area (Å²) < 4.78 is 0. The highest BCUT2D eigenvalue weighted by atomic mass is 14.6. The summed E-state index contributed by atoms with van der Waals surface area (Å²) >= 11 is 0. The van der Waals surface area contributed by atoms with Crippen LogP contribution in [0.15, 0.2) is 0 Å². The van der Waals surface area contributed by atoms with E-state index in [0.29, 0.717) is 0 Å². The number of hydrogen-bond acceptors (Lipinski definition) is 0. The molecular formula is C117H200.